The molecule has 0 saturated heterocycles. The minimum atomic E-state index is 0.523. The van der Waals surface area contributed by atoms with Crippen LogP contribution in [0.4, 0.5) is 0 Å². The Morgan fingerprint density at radius 2 is 0.806 bits per heavy atom. The summed E-state index contributed by atoms with van der Waals surface area (Å²) in [6, 6.07) is 76.4. The van der Waals surface area contributed by atoms with Crippen molar-refractivity contribution in [2.75, 3.05) is 0 Å². The van der Waals surface area contributed by atoms with Crippen molar-refractivity contribution in [2.45, 2.75) is 0 Å². The number of hydrogen-bond donors (Lipinski definition) is 0. The van der Waals surface area contributed by atoms with Crippen LogP contribution in [0.5, 0.6) is 0 Å². The molecule has 0 saturated carbocycles. The van der Waals surface area contributed by atoms with Gasteiger partial charge < -0.3 is 17.8 Å². The van der Waals surface area contributed by atoms with E-state index in [1.54, 1.807) is 0 Å². The van der Waals surface area contributed by atoms with Crippen LogP contribution in [0.1, 0.15) is 0 Å². The Kier molecular flexibility index (Phi) is 8.04. The molecule has 0 spiro atoms. The maximum atomic E-state index is 6.59. The summed E-state index contributed by atoms with van der Waals surface area (Å²) in [5.41, 5.74) is 12.4. The van der Waals surface area contributed by atoms with Crippen LogP contribution < -0.4 is 0 Å². The first-order chi connectivity index (χ1) is 35.7. The average Bonchev–Trinajstić information content (AvgIpc) is 4.21. The Morgan fingerprint density at radius 1 is 0.278 bits per heavy atom. The van der Waals surface area contributed by atoms with Gasteiger partial charge in [0.05, 0.1) is 11.0 Å². The number of fused-ring (bicyclic) bond motifs is 15. The van der Waals surface area contributed by atoms with Crippen LogP contribution >= 0.6 is 0 Å². The topological polar surface area (TPSA) is 83.0 Å². The molecule has 0 radical (unpaired) electrons. The molecule has 5 aromatic heterocycles. The number of benzene rings is 11. The van der Waals surface area contributed by atoms with Crippen LogP contribution in [0.2, 0.25) is 0 Å². The Balaban J connectivity index is 1.01. The van der Waals surface area contributed by atoms with Gasteiger partial charge in [0.15, 0.2) is 17.5 Å². The second-order valence-corrected chi connectivity index (χ2v) is 18.6. The van der Waals surface area contributed by atoms with E-state index < -0.39 is 0 Å². The number of hydrogen-bond acceptors (Lipinski definition) is 6. The lowest BCUT2D eigenvalue weighted by Crippen LogP contribution is -2.02. The zero-order chi connectivity index (χ0) is 47.0. The van der Waals surface area contributed by atoms with Crippen LogP contribution in [0, 0.1) is 0 Å². The molecule has 0 N–H and O–H groups in total. The fourth-order valence-corrected chi connectivity index (χ4v) is 11.4. The van der Waals surface area contributed by atoms with Gasteiger partial charge in [-0.05, 0) is 112 Å². The summed E-state index contributed by atoms with van der Waals surface area (Å²) in [6.45, 7) is 0. The quantitative estimate of drug-likeness (QED) is 0.171. The van der Waals surface area contributed by atoms with Crippen molar-refractivity contribution in [1.29, 1.82) is 0 Å². The van der Waals surface area contributed by atoms with Crippen molar-refractivity contribution < 1.29 is 13.3 Å². The summed E-state index contributed by atoms with van der Waals surface area (Å²) in [5, 5.41) is 13.2. The lowest BCUT2D eigenvalue weighted by molar-refractivity contribution is 0.668. The van der Waals surface area contributed by atoms with Gasteiger partial charge in [0.25, 0.3) is 0 Å². The highest BCUT2D eigenvalue weighted by molar-refractivity contribution is 6.23. The number of para-hydroxylation sites is 3. The zero-order valence-corrected chi connectivity index (χ0v) is 38.3. The Morgan fingerprint density at radius 3 is 1.49 bits per heavy atom. The monoisotopic (exact) mass is 920 g/mol. The Labute approximate surface area is 409 Å². The molecular weight excluding hydrogens is 885 g/mol. The molecule has 0 fully saturated rings. The van der Waals surface area contributed by atoms with E-state index in [9.17, 15) is 0 Å². The van der Waals surface area contributed by atoms with E-state index in [0.29, 0.717) is 17.5 Å². The summed E-state index contributed by atoms with van der Waals surface area (Å²) < 4.78 is 21.9. The van der Waals surface area contributed by atoms with E-state index in [-0.39, 0.29) is 0 Å². The molecule has 0 unspecified atom stereocenters. The van der Waals surface area contributed by atoms with Crippen LogP contribution in [0.25, 0.3) is 160 Å². The first-order valence-corrected chi connectivity index (χ1v) is 24.2. The van der Waals surface area contributed by atoms with Crippen LogP contribution in [0.3, 0.4) is 0 Å². The van der Waals surface area contributed by atoms with Crippen LogP contribution in [0.15, 0.2) is 232 Å². The molecule has 11 aromatic carbocycles. The lowest BCUT2D eigenvalue weighted by atomic mass is 9.96. The average molecular weight is 921 g/mol. The molecule has 334 valence electrons. The van der Waals surface area contributed by atoms with Gasteiger partial charge in [0, 0.05) is 65.5 Å². The first-order valence-electron chi connectivity index (χ1n) is 24.2. The van der Waals surface area contributed by atoms with E-state index >= 15 is 0 Å². The predicted molar refractivity (Wildman–Crippen MR) is 293 cm³/mol. The molecule has 0 aliphatic rings. The SMILES string of the molecule is c1ccc2cc3c(cc2c1)c1c2ccccc2ccc1n3-c1ccc(-c2nc(-c3cccc4oc5ccccc5c34)nc(-c3cccc4oc5ccccc5c34)n2)c(-c2ccc3c(c2)oc2ccccc23)c1. The number of furan rings is 3. The van der Waals surface area contributed by atoms with Gasteiger partial charge in [-0.25, -0.2) is 15.0 Å². The minimum Gasteiger partial charge on any atom is -0.456 e. The van der Waals surface area contributed by atoms with Gasteiger partial charge in [0.1, 0.15) is 33.5 Å². The minimum absolute atomic E-state index is 0.523. The molecular formula is C65H36N4O3. The molecule has 0 atom stereocenters. The van der Waals surface area contributed by atoms with Gasteiger partial charge in [-0.15, -0.1) is 0 Å². The van der Waals surface area contributed by atoms with Crippen molar-refractivity contribution in [3.63, 3.8) is 0 Å². The van der Waals surface area contributed by atoms with Gasteiger partial charge in [0.2, 0.25) is 0 Å². The van der Waals surface area contributed by atoms with E-state index in [1.165, 1.54) is 32.3 Å². The summed E-state index contributed by atoms with van der Waals surface area (Å²) in [6.07, 6.45) is 0. The lowest BCUT2D eigenvalue weighted by Gasteiger charge is -2.16. The van der Waals surface area contributed by atoms with Crippen molar-refractivity contribution >= 4 is 109 Å². The molecule has 0 amide bonds. The molecule has 16 aromatic rings. The fraction of sp³-hybridized carbons (Fsp3) is 0. The maximum absolute atomic E-state index is 6.59. The Bertz CT molecular complexity index is 4820. The normalized spacial score (nSPS) is 12.2. The smallest absolute Gasteiger partial charge is 0.164 e. The second-order valence-electron chi connectivity index (χ2n) is 18.6. The van der Waals surface area contributed by atoms with Crippen molar-refractivity contribution in [3.05, 3.63) is 218 Å². The van der Waals surface area contributed by atoms with E-state index in [2.05, 4.69) is 150 Å². The summed E-state index contributed by atoms with van der Waals surface area (Å²) in [4.78, 5) is 16.4. The summed E-state index contributed by atoms with van der Waals surface area (Å²) in [7, 11) is 0. The highest BCUT2D eigenvalue weighted by atomic mass is 16.3. The third-order valence-electron chi connectivity index (χ3n) is 14.6. The van der Waals surface area contributed by atoms with Crippen molar-refractivity contribution in [3.8, 4) is 51.0 Å². The van der Waals surface area contributed by atoms with Crippen LogP contribution in [-0.4, -0.2) is 19.5 Å². The highest BCUT2D eigenvalue weighted by Crippen LogP contribution is 2.44. The summed E-state index contributed by atoms with van der Waals surface area (Å²) >= 11 is 0. The van der Waals surface area contributed by atoms with E-state index in [0.717, 1.165) is 110 Å². The summed E-state index contributed by atoms with van der Waals surface area (Å²) in [5.74, 6) is 1.58. The van der Waals surface area contributed by atoms with Gasteiger partial charge in [-0.2, -0.15) is 0 Å². The van der Waals surface area contributed by atoms with Crippen molar-refractivity contribution in [1.82, 2.24) is 19.5 Å². The fourth-order valence-electron chi connectivity index (χ4n) is 11.4. The third kappa shape index (κ3) is 5.70. The third-order valence-corrected chi connectivity index (χ3v) is 14.6. The largest absolute Gasteiger partial charge is 0.456 e. The van der Waals surface area contributed by atoms with Gasteiger partial charge in [-0.1, -0.05) is 140 Å². The zero-order valence-electron chi connectivity index (χ0n) is 38.3. The molecule has 16 rings (SSSR count). The maximum Gasteiger partial charge on any atom is 0.164 e. The predicted octanol–water partition coefficient (Wildman–Crippen LogP) is 17.6. The van der Waals surface area contributed by atoms with Crippen LogP contribution in [-0.2, 0) is 0 Å². The van der Waals surface area contributed by atoms with E-state index in [4.69, 9.17) is 28.2 Å². The molecule has 7 heteroatoms. The Hall–Kier alpha value is -9.85. The van der Waals surface area contributed by atoms with Crippen molar-refractivity contribution in [2.24, 2.45) is 0 Å². The number of rotatable bonds is 5. The molecule has 7 nitrogen and oxygen atoms in total. The second kappa shape index (κ2) is 14.8. The standard InChI is InChI=1S/C65H36N4O3/c1-2-15-39-34-53-51(33-38(39)14-1)60-42-16-4-3-13-37(42)28-32-52(60)69(53)41-29-31-45(50(36-41)40-27-30-44-43-17-5-8-22-54(43)72-59(44)35-40)63-66-64(48-20-11-25-57-61(48)46-18-6-9-23-55(46)70-57)68-65(67-63)49-21-12-26-58-62(49)47-19-7-10-24-56(47)71-58/h1-36H. The van der Waals surface area contributed by atoms with Gasteiger partial charge >= 0.3 is 0 Å². The molecule has 72 heavy (non-hydrogen) atoms. The van der Waals surface area contributed by atoms with Gasteiger partial charge in [-0.3, -0.25) is 0 Å². The molecule has 0 aliphatic carbocycles. The number of nitrogens with zero attached hydrogens (tertiary/aromatic N) is 4. The molecule has 0 bridgehead atoms. The highest BCUT2D eigenvalue weighted by Gasteiger charge is 2.24. The molecule has 5 heterocycles. The van der Waals surface area contributed by atoms with E-state index in [1.807, 2.05) is 72.8 Å². The first kappa shape index (κ1) is 39.0. The number of aromatic nitrogens is 4. The molecule has 0 aliphatic heterocycles.